The number of methoxy groups -OCH3 is 1. The summed E-state index contributed by atoms with van der Waals surface area (Å²) >= 11 is 10.9. The summed E-state index contributed by atoms with van der Waals surface area (Å²) < 4.78 is 5.25. The van der Waals surface area contributed by atoms with Gasteiger partial charge in [0, 0.05) is 24.5 Å². The standard InChI is InChI=1S/C15H21ClN2O2S/c1-10(2)9-18(7-6-14(17)21)15(19)12-8-11(16)4-5-13(12)20-3/h4-5,8,10H,6-7,9H2,1-3H3,(H2,17,21). The van der Waals surface area contributed by atoms with Crippen molar-refractivity contribution in [2.24, 2.45) is 11.7 Å². The number of nitrogens with two attached hydrogens (primary N) is 1. The second-order valence-corrected chi connectivity index (χ2v) is 6.17. The van der Waals surface area contributed by atoms with Gasteiger partial charge >= 0.3 is 0 Å². The average molecular weight is 329 g/mol. The third-order valence-electron chi connectivity index (χ3n) is 2.89. The van der Waals surface area contributed by atoms with Crippen LogP contribution < -0.4 is 10.5 Å². The first-order valence-electron chi connectivity index (χ1n) is 6.76. The summed E-state index contributed by atoms with van der Waals surface area (Å²) in [5.74, 6) is 0.721. The van der Waals surface area contributed by atoms with Crippen LogP contribution in [0.2, 0.25) is 5.02 Å². The molecule has 2 N–H and O–H groups in total. The molecule has 4 nitrogen and oxygen atoms in total. The highest BCUT2D eigenvalue weighted by Crippen LogP contribution is 2.24. The van der Waals surface area contributed by atoms with Gasteiger partial charge in [-0.2, -0.15) is 0 Å². The van der Waals surface area contributed by atoms with E-state index in [0.717, 1.165) is 0 Å². The highest BCUT2D eigenvalue weighted by Gasteiger charge is 2.20. The zero-order valence-corrected chi connectivity index (χ0v) is 14.1. The lowest BCUT2D eigenvalue weighted by atomic mass is 10.1. The van der Waals surface area contributed by atoms with Crippen LogP contribution in [0, 0.1) is 5.92 Å². The molecule has 116 valence electrons. The van der Waals surface area contributed by atoms with Crippen molar-refractivity contribution in [3.63, 3.8) is 0 Å². The predicted molar refractivity (Wildman–Crippen MR) is 90.1 cm³/mol. The van der Waals surface area contributed by atoms with Gasteiger partial charge in [-0.25, -0.2) is 0 Å². The fourth-order valence-corrected chi connectivity index (χ4v) is 2.24. The number of rotatable bonds is 7. The third kappa shape index (κ3) is 5.52. The Morgan fingerprint density at radius 1 is 1.48 bits per heavy atom. The summed E-state index contributed by atoms with van der Waals surface area (Å²) in [6.45, 7) is 5.21. The molecular formula is C15H21ClN2O2S. The van der Waals surface area contributed by atoms with Crippen molar-refractivity contribution in [3.05, 3.63) is 28.8 Å². The molecule has 0 atom stereocenters. The maximum absolute atomic E-state index is 12.7. The highest BCUT2D eigenvalue weighted by molar-refractivity contribution is 7.80. The van der Waals surface area contributed by atoms with Gasteiger partial charge in [-0.3, -0.25) is 4.79 Å². The lowest BCUT2D eigenvalue weighted by Crippen LogP contribution is -2.36. The molecule has 0 bridgehead atoms. The van der Waals surface area contributed by atoms with Gasteiger partial charge in [-0.1, -0.05) is 37.7 Å². The van der Waals surface area contributed by atoms with Crippen LogP contribution in [0.4, 0.5) is 0 Å². The molecule has 0 fully saturated rings. The molecule has 0 aliphatic carbocycles. The zero-order chi connectivity index (χ0) is 16.0. The highest BCUT2D eigenvalue weighted by atomic mass is 35.5. The molecule has 1 amide bonds. The summed E-state index contributed by atoms with van der Waals surface area (Å²) in [7, 11) is 1.53. The van der Waals surface area contributed by atoms with E-state index in [2.05, 4.69) is 13.8 Å². The van der Waals surface area contributed by atoms with Crippen LogP contribution >= 0.6 is 23.8 Å². The van der Waals surface area contributed by atoms with Gasteiger partial charge in [-0.15, -0.1) is 0 Å². The smallest absolute Gasteiger partial charge is 0.257 e. The van der Waals surface area contributed by atoms with Crippen LogP contribution in [-0.4, -0.2) is 36.0 Å². The first-order chi connectivity index (χ1) is 9.85. The fraction of sp³-hybridized carbons (Fsp3) is 0.467. The van der Waals surface area contributed by atoms with Crippen LogP contribution in [0.15, 0.2) is 18.2 Å². The summed E-state index contributed by atoms with van der Waals surface area (Å²) in [5.41, 5.74) is 5.99. The number of halogens is 1. The number of ether oxygens (including phenoxy) is 1. The van der Waals surface area contributed by atoms with Crippen molar-refractivity contribution in [3.8, 4) is 5.75 Å². The topological polar surface area (TPSA) is 55.6 Å². The van der Waals surface area contributed by atoms with Crippen molar-refractivity contribution < 1.29 is 9.53 Å². The molecule has 0 aliphatic heterocycles. The third-order valence-corrected chi connectivity index (χ3v) is 3.33. The number of benzene rings is 1. The van der Waals surface area contributed by atoms with Gasteiger partial charge in [0.15, 0.2) is 0 Å². The molecule has 0 aromatic heterocycles. The SMILES string of the molecule is COc1ccc(Cl)cc1C(=O)N(CCC(N)=S)CC(C)C. The van der Waals surface area contributed by atoms with Gasteiger partial charge in [0.25, 0.3) is 5.91 Å². The van der Waals surface area contributed by atoms with Crippen LogP contribution in [0.1, 0.15) is 30.6 Å². The Kier molecular flexibility index (Phi) is 6.92. The van der Waals surface area contributed by atoms with E-state index >= 15 is 0 Å². The summed E-state index contributed by atoms with van der Waals surface area (Å²) in [5, 5.41) is 0.498. The van der Waals surface area contributed by atoms with E-state index in [0.29, 0.717) is 46.8 Å². The molecule has 0 saturated carbocycles. The molecule has 1 aromatic carbocycles. The van der Waals surface area contributed by atoms with Gasteiger partial charge < -0.3 is 15.4 Å². The normalized spacial score (nSPS) is 10.5. The van der Waals surface area contributed by atoms with E-state index in [1.807, 2.05) is 0 Å². The fourth-order valence-electron chi connectivity index (χ4n) is 1.98. The molecule has 21 heavy (non-hydrogen) atoms. The van der Waals surface area contributed by atoms with Crippen molar-refractivity contribution in [1.82, 2.24) is 4.90 Å². The van der Waals surface area contributed by atoms with Crippen molar-refractivity contribution >= 4 is 34.7 Å². The predicted octanol–water partition coefficient (Wildman–Crippen LogP) is 3.12. The molecule has 0 radical (unpaired) electrons. The quantitative estimate of drug-likeness (QED) is 0.781. The minimum atomic E-state index is -0.126. The molecular weight excluding hydrogens is 308 g/mol. The van der Waals surface area contributed by atoms with E-state index in [1.165, 1.54) is 7.11 Å². The van der Waals surface area contributed by atoms with E-state index in [4.69, 9.17) is 34.3 Å². The maximum Gasteiger partial charge on any atom is 0.257 e. The average Bonchev–Trinajstić information content (AvgIpc) is 2.42. The van der Waals surface area contributed by atoms with Crippen molar-refractivity contribution in [2.45, 2.75) is 20.3 Å². The molecule has 6 heteroatoms. The number of hydrogen-bond donors (Lipinski definition) is 1. The molecule has 1 rings (SSSR count). The van der Waals surface area contributed by atoms with Gasteiger partial charge in [-0.05, 0) is 24.1 Å². The van der Waals surface area contributed by atoms with Gasteiger partial charge in [0.05, 0.1) is 17.7 Å². The van der Waals surface area contributed by atoms with E-state index in [-0.39, 0.29) is 5.91 Å². The second kappa shape index (κ2) is 8.20. The monoisotopic (exact) mass is 328 g/mol. The van der Waals surface area contributed by atoms with Crippen LogP contribution in [0.3, 0.4) is 0 Å². The Bertz CT molecular complexity index is 520. The number of carbonyl (C=O) groups is 1. The van der Waals surface area contributed by atoms with E-state index in [9.17, 15) is 4.79 Å². The first-order valence-corrected chi connectivity index (χ1v) is 7.55. The molecule has 0 unspecified atom stereocenters. The summed E-state index contributed by atoms with van der Waals surface area (Å²) in [4.78, 5) is 14.9. The zero-order valence-electron chi connectivity index (χ0n) is 12.6. The molecule has 1 aromatic rings. The maximum atomic E-state index is 12.7. The number of nitrogens with zero attached hydrogens (tertiary/aromatic N) is 1. The number of hydrogen-bond acceptors (Lipinski definition) is 3. The number of thiocarbonyl (C=S) groups is 1. The first kappa shape index (κ1) is 17.7. The molecule has 0 saturated heterocycles. The Morgan fingerprint density at radius 3 is 2.67 bits per heavy atom. The Hall–Kier alpha value is -1.33. The van der Waals surface area contributed by atoms with E-state index < -0.39 is 0 Å². The number of carbonyl (C=O) groups excluding carboxylic acids is 1. The van der Waals surface area contributed by atoms with Crippen LogP contribution in [-0.2, 0) is 0 Å². The second-order valence-electron chi connectivity index (χ2n) is 5.21. The van der Waals surface area contributed by atoms with E-state index in [1.54, 1.807) is 23.1 Å². The van der Waals surface area contributed by atoms with Crippen molar-refractivity contribution in [2.75, 3.05) is 20.2 Å². The van der Waals surface area contributed by atoms with Crippen molar-refractivity contribution in [1.29, 1.82) is 0 Å². The Balaban J connectivity index is 3.03. The Morgan fingerprint density at radius 2 is 2.14 bits per heavy atom. The minimum Gasteiger partial charge on any atom is -0.496 e. The summed E-state index contributed by atoms with van der Waals surface area (Å²) in [6.07, 6.45) is 0.497. The number of amides is 1. The lowest BCUT2D eigenvalue weighted by Gasteiger charge is -2.25. The lowest BCUT2D eigenvalue weighted by molar-refractivity contribution is 0.0738. The van der Waals surface area contributed by atoms with Crippen LogP contribution in [0.5, 0.6) is 5.75 Å². The summed E-state index contributed by atoms with van der Waals surface area (Å²) in [6, 6.07) is 5.01. The van der Waals surface area contributed by atoms with Gasteiger partial charge in [0.1, 0.15) is 5.75 Å². The van der Waals surface area contributed by atoms with Gasteiger partial charge in [0.2, 0.25) is 0 Å². The van der Waals surface area contributed by atoms with Crippen LogP contribution in [0.25, 0.3) is 0 Å². The molecule has 0 heterocycles. The molecule has 0 aliphatic rings. The largest absolute Gasteiger partial charge is 0.496 e. The Labute approximate surface area is 136 Å². The minimum absolute atomic E-state index is 0.126. The molecule has 0 spiro atoms.